The Labute approximate surface area is 235 Å². The minimum absolute atomic E-state index is 0.0168. The van der Waals surface area contributed by atoms with E-state index in [1.54, 1.807) is 0 Å². The van der Waals surface area contributed by atoms with E-state index in [0.717, 1.165) is 22.6 Å². The van der Waals surface area contributed by atoms with Crippen LogP contribution in [0.2, 0.25) is 0 Å². The Bertz CT molecular complexity index is 759. The molecule has 1 unspecified atom stereocenters. The Morgan fingerprint density at radius 1 is 0.838 bits per heavy atom. The van der Waals surface area contributed by atoms with E-state index in [1.807, 2.05) is 54.5 Å². The van der Waals surface area contributed by atoms with Crippen molar-refractivity contribution in [2.24, 2.45) is 5.92 Å². The van der Waals surface area contributed by atoms with Crippen LogP contribution in [0, 0.1) is 19.8 Å². The van der Waals surface area contributed by atoms with E-state index >= 15 is 0 Å². The van der Waals surface area contributed by atoms with Gasteiger partial charge in [0.1, 0.15) is 0 Å². The summed E-state index contributed by atoms with van der Waals surface area (Å²) in [6.07, 6.45) is 9.23. The highest BCUT2D eigenvalue weighted by Gasteiger charge is 2.03. The number of benzene rings is 1. The van der Waals surface area contributed by atoms with Gasteiger partial charge in [0.2, 0.25) is 0 Å². The quantitative estimate of drug-likeness (QED) is 0.249. The Kier molecular flexibility index (Phi) is 38.6. The Morgan fingerprint density at radius 3 is 1.65 bits per heavy atom. The van der Waals surface area contributed by atoms with Crippen molar-refractivity contribution >= 4 is 11.4 Å². The first-order valence-electron chi connectivity index (χ1n) is 14.7. The minimum atomic E-state index is 0.0168. The van der Waals surface area contributed by atoms with Crippen LogP contribution in [0.4, 0.5) is 0 Å². The summed E-state index contributed by atoms with van der Waals surface area (Å²) in [5.41, 5.74) is 7.94. The molecule has 1 aromatic carbocycles. The molecular formula is C36H66O. The lowest BCUT2D eigenvalue weighted by atomic mass is 9.95. The van der Waals surface area contributed by atoms with Crippen LogP contribution in [0.25, 0.3) is 5.57 Å². The van der Waals surface area contributed by atoms with Crippen LogP contribution in [0.5, 0.6) is 0 Å². The van der Waals surface area contributed by atoms with Crippen molar-refractivity contribution in [3.63, 3.8) is 0 Å². The molecule has 216 valence electrons. The maximum absolute atomic E-state index is 11.1. The topological polar surface area (TPSA) is 17.1 Å². The van der Waals surface area contributed by atoms with E-state index in [4.69, 9.17) is 0 Å². The largest absolute Gasteiger partial charge is 0.295 e. The molecule has 1 rings (SSSR count). The third kappa shape index (κ3) is 28.3. The highest BCUT2D eigenvalue weighted by atomic mass is 16.1. The molecule has 0 N–H and O–H groups in total. The lowest BCUT2D eigenvalue weighted by molar-refractivity contribution is -0.113. The molecule has 1 atom stereocenters. The lowest BCUT2D eigenvalue weighted by Crippen LogP contribution is -1.96. The third-order valence-electron chi connectivity index (χ3n) is 5.05. The first-order valence-corrected chi connectivity index (χ1v) is 14.7. The molecule has 1 aromatic rings. The second kappa shape index (κ2) is 31.9. The minimum Gasteiger partial charge on any atom is -0.295 e. The van der Waals surface area contributed by atoms with Gasteiger partial charge in [-0.25, -0.2) is 0 Å². The molecule has 0 saturated heterocycles. The number of unbranched alkanes of at least 4 members (excludes halogenated alkanes) is 1. The summed E-state index contributed by atoms with van der Waals surface area (Å²) in [5.74, 6) is 0.741. The molecule has 0 bridgehead atoms. The number of ketones is 1. The van der Waals surface area contributed by atoms with Gasteiger partial charge in [-0.3, -0.25) is 4.79 Å². The summed E-state index contributed by atoms with van der Waals surface area (Å²) >= 11 is 0. The number of allylic oxidation sites excluding steroid dienone is 6. The van der Waals surface area contributed by atoms with Gasteiger partial charge < -0.3 is 0 Å². The molecular weight excluding hydrogens is 448 g/mol. The van der Waals surface area contributed by atoms with Gasteiger partial charge in [0, 0.05) is 5.57 Å². The van der Waals surface area contributed by atoms with Gasteiger partial charge in [-0.15, -0.1) is 0 Å². The van der Waals surface area contributed by atoms with Crippen LogP contribution in [0.15, 0.2) is 60.2 Å². The van der Waals surface area contributed by atoms with Gasteiger partial charge in [-0.05, 0) is 82.2 Å². The van der Waals surface area contributed by atoms with Gasteiger partial charge >= 0.3 is 0 Å². The summed E-state index contributed by atoms with van der Waals surface area (Å²) < 4.78 is 0. The second-order valence-electron chi connectivity index (χ2n) is 8.69. The third-order valence-corrected chi connectivity index (χ3v) is 5.05. The van der Waals surface area contributed by atoms with Crippen molar-refractivity contribution in [3.05, 3.63) is 76.9 Å². The molecule has 0 heterocycles. The summed E-state index contributed by atoms with van der Waals surface area (Å²) in [7, 11) is 0. The maximum Gasteiger partial charge on any atom is 0.159 e. The van der Waals surface area contributed by atoms with E-state index in [-0.39, 0.29) is 5.78 Å². The number of rotatable bonds is 8. The van der Waals surface area contributed by atoms with Crippen molar-refractivity contribution in [1.82, 2.24) is 0 Å². The predicted molar refractivity (Wildman–Crippen MR) is 177 cm³/mol. The Morgan fingerprint density at radius 2 is 1.30 bits per heavy atom. The molecule has 0 spiro atoms. The normalized spacial score (nSPS) is 10.6. The highest BCUT2D eigenvalue weighted by molar-refractivity contribution is 5.97. The van der Waals surface area contributed by atoms with Crippen LogP contribution in [0.1, 0.15) is 139 Å². The highest BCUT2D eigenvalue weighted by Crippen LogP contribution is 2.19. The molecule has 0 aliphatic carbocycles. The molecule has 0 amide bonds. The smallest absolute Gasteiger partial charge is 0.159 e. The SMILES string of the molecule is C=C(/C=C(\C)c1ccc(C)c(C)c1)C(C)=O.C=C(C)/C=C(\C)C(C)CCCC.CC.CC.CC.CCC. The van der Waals surface area contributed by atoms with Crippen molar-refractivity contribution in [1.29, 1.82) is 0 Å². The van der Waals surface area contributed by atoms with E-state index in [9.17, 15) is 4.79 Å². The first kappa shape index (κ1) is 44.8. The van der Waals surface area contributed by atoms with Gasteiger partial charge in [-0.2, -0.15) is 0 Å². The summed E-state index contributed by atoms with van der Waals surface area (Å²) in [6.45, 7) is 40.4. The zero-order chi connectivity index (χ0) is 30.6. The van der Waals surface area contributed by atoms with Gasteiger partial charge in [0.05, 0.1) is 0 Å². The molecule has 0 fully saturated rings. The second-order valence-corrected chi connectivity index (χ2v) is 8.69. The molecule has 1 nitrogen and oxygen atoms in total. The molecule has 0 aromatic heterocycles. The van der Waals surface area contributed by atoms with Crippen LogP contribution >= 0.6 is 0 Å². The monoisotopic (exact) mass is 515 g/mol. The standard InChI is InChI=1S/C15H18O.C12H22.C3H8.3C2H6/c1-10-6-7-15(9-11(10)2)13(4)8-12(3)14(5)16;1-6-7-8-11(4)12(5)9-10(2)3;1-3-2;3*1-2/h6-9H,3H2,1-2,4-5H3;9,11H,2,6-8H2,1,3-5H3;3H2,1-2H3;3*1-2H3/b13-8+;12-9+;;;;. The number of Topliss-reactive ketones (excluding diaryl/α,β-unsaturated/α-hetero) is 1. The van der Waals surface area contributed by atoms with Gasteiger partial charge in [0.25, 0.3) is 0 Å². The number of hydrogen-bond acceptors (Lipinski definition) is 1. The summed E-state index contributed by atoms with van der Waals surface area (Å²) in [6, 6.07) is 6.30. The van der Waals surface area contributed by atoms with Crippen molar-refractivity contribution < 1.29 is 4.79 Å². The Balaban J connectivity index is -0.000000144. The van der Waals surface area contributed by atoms with Gasteiger partial charge in [0.15, 0.2) is 5.78 Å². The molecule has 0 aliphatic rings. The molecule has 0 aliphatic heterocycles. The van der Waals surface area contributed by atoms with Gasteiger partial charge in [-0.1, -0.05) is 137 Å². The average Bonchev–Trinajstić information content (AvgIpc) is 2.88. The van der Waals surface area contributed by atoms with Crippen LogP contribution < -0.4 is 0 Å². The summed E-state index contributed by atoms with van der Waals surface area (Å²) in [5, 5.41) is 0. The van der Waals surface area contributed by atoms with E-state index in [2.05, 4.69) is 92.8 Å². The van der Waals surface area contributed by atoms with E-state index < -0.39 is 0 Å². The van der Waals surface area contributed by atoms with Crippen molar-refractivity contribution in [2.45, 2.75) is 136 Å². The molecule has 0 saturated carbocycles. The van der Waals surface area contributed by atoms with Crippen LogP contribution in [0.3, 0.4) is 0 Å². The molecule has 1 heteroatoms. The zero-order valence-corrected chi connectivity index (χ0v) is 28.1. The number of carbonyl (C=O) groups is 1. The maximum atomic E-state index is 11.1. The van der Waals surface area contributed by atoms with Crippen LogP contribution in [-0.2, 0) is 4.79 Å². The predicted octanol–water partition coefficient (Wildman–Crippen LogP) is 12.7. The Hall–Kier alpha value is -2.15. The molecule has 0 radical (unpaired) electrons. The van der Waals surface area contributed by atoms with E-state index in [0.29, 0.717) is 5.57 Å². The fourth-order valence-corrected chi connectivity index (χ4v) is 2.70. The fraction of sp³-hybridized carbons (Fsp3) is 0.583. The first-order chi connectivity index (χ1) is 17.4. The number of carbonyl (C=O) groups excluding carboxylic acids is 1. The molecule has 37 heavy (non-hydrogen) atoms. The van der Waals surface area contributed by atoms with Crippen molar-refractivity contribution in [2.75, 3.05) is 0 Å². The fourth-order valence-electron chi connectivity index (χ4n) is 2.70. The van der Waals surface area contributed by atoms with Crippen LogP contribution in [-0.4, -0.2) is 5.78 Å². The zero-order valence-electron chi connectivity index (χ0n) is 28.1. The number of hydrogen-bond donors (Lipinski definition) is 0. The average molecular weight is 515 g/mol. The summed E-state index contributed by atoms with van der Waals surface area (Å²) in [4.78, 5) is 11.1. The van der Waals surface area contributed by atoms with Crippen molar-refractivity contribution in [3.8, 4) is 0 Å². The number of aryl methyl sites for hydroxylation is 2. The van der Waals surface area contributed by atoms with E-state index in [1.165, 1.54) is 49.3 Å². The lowest BCUT2D eigenvalue weighted by Gasteiger charge is -2.11.